The molecular formula is C25H28N4O4S. The van der Waals surface area contributed by atoms with Crippen LogP contribution in [0.15, 0.2) is 81.3 Å². The second kappa shape index (κ2) is 9.54. The molecule has 1 aliphatic heterocycles. The van der Waals surface area contributed by atoms with Crippen molar-refractivity contribution in [2.24, 2.45) is 10.2 Å². The molecule has 1 aromatic heterocycles. The number of rotatable bonds is 7. The summed E-state index contributed by atoms with van der Waals surface area (Å²) in [6, 6.07) is 17.7. The number of carbonyl (C=O) groups excluding carboxylic acids is 1. The normalized spacial score (nSPS) is 17.1. The van der Waals surface area contributed by atoms with E-state index in [4.69, 9.17) is 9.56 Å². The molecule has 3 aromatic rings. The molecule has 34 heavy (non-hydrogen) atoms. The number of likely N-dealkylation sites (N-methyl/N-ethyl adjacent to an activating group) is 1. The summed E-state index contributed by atoms with van der Waals surface area (Å²) in [6.07, 6.45) is 2.16. The van der Waals surface area contributed by atoms with E-state index < -0.39 is 10.0 Å². The van der Waals surface area contributed by atoms with Crippen LogP contribution in [0.5, 0.6) is 0 Å². The average Bonchev–Trinajstić information content (AvgIpc) is 3.48. The first-order valence-electron chi connectivity index (χ1n) is 11.0. The molecule has 0 fully saturated rings. The number of sulfonamides is 1. The zero-order chi connectivity index (χ0) is 24.5. The number of hydrogen-bond donors (Lipinski definition) is 1. The minimum Gasteiger partial charge on any atom is -0.467 e. The standard InChI is InChI=1S/C25H28N4O4S/c1-17-6-8-20(9-7-17)22-15-23(24-5-4-14-33-24)29(27-22)25(30)16-28(3)18(2)19-10-12-21(13-11-19)34(26,31)32/h4-14,18,23H,15-16H2,1-3H3,(H2,26,31,32)/t18-,23+/m1/s1. The van der Waals surface area contributed by atoms with Gasteiger partial charge in [-0.1, -0.05) is 42.0 Å². The highest BCUT2D eigenvalue weighted by Gasteiger charge is 2.35. The van der Waals surface area contributed by atoms with Crippen LogP contribution < -0.4 is 5.14 Å². The number of furan rings is 1. The summed E-state index contributed by atoms with van der Waals surface area (Å²) in [6.45, 7) is 4.11. The summed E-state index contributed by atoms with van der Waals surface area (Å²) < 4.78 is 28.6. The van der Waals surface area contributed by atoms with Gasteiger partial charge >= 0.3 is 0 Å². The maximum Gasteiger partial charge on any atom is 0.257 e. The number of nitrogens with two attached hydrogens (primary N) is 1. The van der Waals surface area contributed by atoms with Crippen LogP contribution in [-0.2, 0) is 14.8 Å². The molecule has 4 rings (SSSR count). The Balaban J connectivity index is 1.52. The molecule has 9 heteroatoms. The minimum atomic E-state index is -3.75. The lowest BCUT2D eigenvalue weighted by molar-refractivity contribution is -0.134. The van der Waals surface area contributed by atoms with Crippen LogP contribution in [0.3, 0.4) is 0 Å². The third-order valence-corrected chi connectivity index (χ3v) is 7.09. The molecule has 2 atom stereocenters. The lowest BCUT2D eigenvalue weighted by atomic mass is 10.0. The SMILES string of the molecule is Cc1ccc(C2=NN(C(=O)CN(C)[C@H](C)c3ccc(S(N)(=O)=O)cc3)[C@H](c3ccco3)C2)cc1. The molecule has 2 heterocycles. The first-order chi connectivity index (χ1) is 16.1. The Morgan fingerprint density at radius 2 is 1.85 bits per heavy atom. The van der Waals surface area contributed by atoms with Crippen molar-refractivity contribution in [3.63, 3.8) is 0 Å². The maximum absolute atomic E-state index is 13.4. The first kappa shape index (κ1) is 23.9. The van der Waals surface area contributed by atoms with Gasteiger partial charge in [-0.05, 0) is 56.3 Å². The topological polar surface area (TPSA) is 109 Å². The second-order valence-electron chi connectivity index (χ2n) is 8.59. The van der Waals surface area contributed by atoms with E-state index in [0.29, 0.717) is 12.2 Å². The number of nitrogens with zero attached hydrogens (tertiary/aromatic N) is 3. The molecule has 8 nitrogen and oxygen atoms in total. The van der Waals surface area contributed by atoms with Gasteiger partial charge in [-0.15, -0.1) is 0 Å². The van der Waals surface area contributed by atoms with E-state index in [1.54, 1.807) is 24.5 Å². The molecule has 0 bridgehead atoms. The smallest absolute Gasteiger partial charge is 0.257 e. The van der Waals surface area contributed by atoms with Crippen molar-refractivity contribution in [2.75, 3.05) is 13.6 Å². The predicted molar refractivity (Wildman–Crippen MR) is 129 cm³/mol. The van der Waals surface area contributed by atoms with Crippen LogP contribution >= 0.6 is 0 Å². The highest BCUT2D eigenvalue weighted by Crippen LogP contribution is 2.33. The molecule has 178 valence electrons. The Bertz CT molecular complexity index is 1280. The molecule has 0 aliphatic carbocycles. The largest absolute Gasteiger partial charge is 0.467 e. The Labute approximate surface area is 199 Å². The lowest BCUT2D eigenvalue weighted by Crippen LogP contribution is -2.37. The number of amides is 1. The summed E-state index contributed by atoms with van der Waals surface area (Å²) in [7, 11) is -1.91. The van der Waals surface area contributed by atoms with Gasteiger partial charge in [0.25, 0.3) is 5.91 Å². The Morgan fingerprint density at radius 1 is 1.18 bits per heavy atom. The van der Waals surface area contributed by atoms with Crippen molar-refractivity contribution >= 4 is 21.6 Å². The number of primary sulfonamides is 1. The zero-order valence-corrected chi connectivity index (χ0v) is 20.2. The number of carbonyl (C=O) groups is 1. The van der Waals surface area contributed by atoms with Crippen LogP contribution in [0.25, 0.3) is 0 Å². The van der Waals surface area contributed by atoms with Gasteiger partial charge in [-0.3, -0.25) is 9.69 Å². The van der Waals surface area contributed by atoms with Crippen molar-refractivity contribution in [1.82, 2.24) is 9.91 Å². The second-order valence-corrected chi connectivity index (χ2v) is 10.2. The van der Waals surface area contributed by atoms with Crippen molar-refractivity contribution in [3.8, 4) is 0 Å². The molecule has 2 N–H and O–H groups in total. The van der Waals surface area contributed by atoms with E-state index in [-0.39, 0.29) is 29.4 Å². The third-order valence-electron chi connectivity index (χ3n) is 6.16. The van der Waals surface area contributed by atoms with Crippen molar-refractivity contribution < 1.29 is 17.6 Å². The molecule has 1 amide bonds. The van der Waals surface area contributed by atoms with Crippen LogP contribution in [0.1, 0.15) is 47.9 Å². The van der Waals surface area contributed by atoms with Gasteiger partial charge < -0.3 is 4.42 Å². The number of benzene rings is 2. The van der Waals surface area contributed by atoms with E-state index in [1.165, 1.54) is 17.1 Å². The van der Waals surface area contributed by atoms with E-state index in [2.05, 4.69) is 5.10 Å². The van der Waals surface area contributed by atoms with Crippen molar-refractivity contribution in [1.29, 1.82) is 0 Å². The molecule has 2 aromatic carbocycles. The van der Waals surface area contributed by atoms with Crippen LogP contribution in [0.4, 0.5) is 0 Å². The summed E-state index contributed by atoms with van der Waals surface area (Å²) in [5.41, 5.74) is 3.85. The molecule has 1 aliphatic rings. The molecule has 0 unspecified atom stereocenters. The fourth-order valence-electron chi connectivity index (χ4n) is 3.98. The molecular weight excluding hydrogens is 452 g/mol. The Morgan fingerprint density at radius 3 is 2.44 bits per heavy atom. The third kappa shape index (κ3) is 5.11. The van der Waals surface area contributed by atoms with Gasteiger partial charge in [0.05, 0.1) is 23.4 Å². The summed E-state index contributed by atoms with van der Waals surface area (Å²) in [5, 5.41) is 11.4. The molecule has 0 radical (unpaired) electrons. The van der Waals surface area contributed by atoms with Crippen LogP contribution in [0.2, 0.25) is 0 Å². The minimum absolute atomic E-state index is 0.0542. The van der Waals surface area contributed by atoms with Gasteiger partial charge in [0.1, 0.15) is 11.8 Å². The molecule has 0 saturated carbocycles. The highest BCUT2D eigenvalue weighted by atomic mass is 32.2. The highest BCUT2D eigenvalue weighted by molar-refractivity contribution is 7.89. The summed E-state index contributed by atoms with van der Waals surface area (Å²) in [4.78, 5) is 15.3. The maximum atomic E-state index is 13.4. The quantitative estimate of drug-likeness (QED) is 0.556. The van der Waals surface area contributed by atoms with E-state index in [1.807, 2.05) is 56.1 Å². The van der Waals surface area contributed by atoms with Gasteiger partial charge in [0.15, 0.2) is 0 Å². The zero-order valence-electron chi connectivity index (χ0n) is 19.4. The number of hydrogen-bond acceptors (Lipinski definition) is 6. The first-order valence-corrected chi connectivity index (χ1v) is 12.5. The molecule has 0 saturated heterocycles. The van der Waals surface area contributed by atoms with E-state index in [9.17, 15) is 13.2 Å². The van der Waals surface area contributed by atoms with Gasteiger partial charge in [0.2, 0.25) is 10.0 Å². The van der Waals surface area contributed by atoms with E-state index in [0.717, 1.165) is 22.4 Å². The van der Waals surface area contributed by atoms with Crippen molar-refractivity contribution in [3.05, 3.63) is 89.4 Å². The summed E-state index contributed by atoms with van der Waals surface area (Å²) >= 11 is 0. The van der Waals surface area contributed by atoms with Gasteiger partial charge in [-0.2, -0.15) is 5.10 Å². The fourth-order valence-corrected chi connectivity index (χ4v) is 4.49. The lowest BCUT2D eigenvalue weighted by Gasteiger charge is -2.27. The summed E-state index contributed by atoms with van der Waals surface area (Å²) in [5.74, 6) is 0.535. The Hall–Kier alpha value is -3.27. The monoisotopic (exact) mass is 480 g/mol. The Kier molecular flexibility index (Phi) is 6.70. The van der Waals surface area contributed by atoms with Crippen LogP contribution in [-0.4, -0.2) is 43.5 Å². The number of aryl methyl sites for hydroxylation is 1. The fraction of sp³-hybridized carbons (Fsp3) is 0.280. The van der Waals surface area contributed by atoms with Gasteiger partial charge in [-0.25, -0.2) is 18.6 Å². The average molecular weight is 481 g/mol. The number of hydrazone groups is 1. The molecule has 0 spiro atoms. The van der Waals surface area contributed by atoms with Crippen LogP contribution in [0, 0.1) is 6.92 Å². The predicted octanol–water partition coefficient (Wildman–Crippen LogP) is 3.61. The van der Waals surface area contributed by atoms with Crippen molar-refractivity contribution in [2.45, 2.75) is 37.2 Å². The van der Waals surface area contributed by atoms with Gasteiger partial charge in [0, 0.05) is 12.5 Å². The van der Waals surface area contributed by atoms with E-state index >= 15 is 0 Å².